The van der Waals surface area contributed by atoms with Gasteiger partial charge < -0.3 is 20.3 Å². The molecular weight excluding hydrogens is 350 g/mol. The first-order valence-corrected chi connectivity index (χ1v) is 7.95. The number of hydrogen-bond donors (Lipinski definition) is 3. The standard InChI is InChI=1S/C16H22BrNO4/c1-14(2,3)22-13(19)18-16(15(4,20)21)8-10-6-5-7-12(17)11(10)9-16/h5-7,20-21H,8-9H2,1-4H3,(H,18,19). The van der Waals surface area contributed by atoms with Crippen LogP contribution in [0, 0.1) is 0 Å². The summed E-state index contributed by atoms with van der Waals surface area (Å²) < 4.78 is 6.16. The molecule has 0 spiro atoms. The van der Waals surface area contributed by atoms with E-state index in [0.29, 0.717) is 12.8 Å². The van der Waals surface area contributed by atoms with Gasteiger partial charge in [-0.05, 0) is 44.9 Å². The molecule has 1 amide bonds. The van der Waals surface area contributed by atoms with Crippen molar-refractivity contribution in [1.82, 2.24) is 5.32 Å². The van der Waals surface area contributed by atoms with E-state index in [4.69, 9.17) is 4.74 Å². The third-order valence-electron chi connectivity index (χ3n) is 3.83. The topological polar surface area (TPSA) is 78.8 Å². The summed E-state index contributed by atoms with van der Waals surface area (Å²) >= 11 is 3.47. The molecule has 0 radical (unpaired) electrons. The average Bonchev–Trinajstić information content (AvgIpc) is 2.66. The molecule has 0 fully saturated rings. The van der Waals surface area contributed by atoms with E-state index in [1.165, 1.54) is 6.92 Å². The normalized spacial score (nSPS) is 21.4. The van der Waals surface area contributed by atoms with Gasteiger partial charge in [0, 0.05) is 17.3 Å². The van der Waals surface area contributed by atoms with Gasteiger partial charge in [-0.2, -0.15) is 0 Å². The van der Waals surface area contributed by atoms with Crippen LogP contribution in [0.15, 0.2) is 22.7 Å². The molecule has 2 rings (SSSR count). The molecule has 0 bridgehead atoms. The van der Waals surface area contributed by atoms with Crippen LogP contribution in [0.4, 0.5) is 4.79 Å². The second-order valence-corrected chi connectivity index (χ2v) is 7.82. The number of fused-ring (bicyclic) bond motifs is 1. The molecule has 0 aromatic heterocycles. The minimum Gasteiger partial charge on any atom is -0.444 e. The van der Waals surface area contributed by atoms with Crippen LogP contribution in [0.25, 0.3) is 0 Å². The van der Waals surface area contributed by atoms with Crippen molar-refractivity contribution in [2.24, 2.45) is 0 Å². The maximum absolute atomic E-state index is 12.1. The van der Waals surface area contributed by atoms with Crippen molar-refractivity contribution < 1.29 is 19.7 Å². The quantitative estimate of drug-likeness (QED) is 0.697. The molecular formula is C16H22BrNO4. The van der Waals surface area contributed by atoms with E-state index in [2.05, 4.69) is 21.2 Å². The molecule has 1 aromatic rings. The number of halogens is 1. The molecule has 1 unspecified atom stereocenters. The number of rotatable bonds is 2. The Hall–Kier alpha value is -1.11. The van der Waals surface area contributed by atoms with Crippen molar-refractivity contribution in [1.29, 1.82) is 0 Å². The number of benzene rings is 1. The molecule has 6 heteroatoms. The number of nitrogens with one attached hydrogen (secondary N) is 1. The van der Waals surface area contributed by atoms with E-state index >= 15 is 0 Å². The van der Waals surface area contributed by atoms with Crippen molar-refractivity contribution >= 4 is 22.0 Å². The van der Waals surface area contributed by atoms with Gasteiger partial charge in [0.2, 0.25) is 0 Å². The van der Waals surface area contributed by atoms with Gasteiger partial charge in [0.25, 0.3) is 0 Å². The van der Waals surface area contributed by atoms with Crippen LogP contribution in [0.5, 0.6) is 0 Å². The molecule has 1 atom stereocenters. The van der Waals surface area contributed by atoms with Gasteiger partial charge in [-0.3, -0.25) is 0 Å². The number of amides is 1. The SMILES string of the molecule is CC(C)(C)OC(=O)NC1(C(C)(O)O)Cc2cccc(Br)c2C1. The van der Waals surface area contributed by atoms with E-state index in [1.54, 1.807) is 20.8 Å². The number of alkyl carbamates (subject to hydrolysis) is 1. The monoisotopic (exact) mass is 371 g/mol. The predicted octanol–water partition coefficient (Wildman–Crippen LogP) is 2.51. The molecule has 3 N–H and O–H groups in total. The van der Waals surface area contributed by atoms with Gasteiger partial charge in [0.15, 0.2) is 5.79 Å². The van der Waals surface area contributed by atoms with Crippen LogP contribution in [-0.4, -0.2) is 33.2 Å². The number of carbonyl (C=O) groups excluding carboxylic acids is 1. The summed E-state index contributed by atoms with van der Waals surface area (Å²) in [5.41, 5.74) is 0.0628. The van der Waals surface area contributed by atoms with Crippen molar-refractivity contribution in [3.05, 3.63) is 33.8 Å². The molecule has 1 aliphatic rings. The first-order chi connectivity index (χ1) is 9.94. The van der Waals surface area contributed by atoms with Gasteiger partial charge in [-0.1, -0.05) is 28.1 Å². The van der Waals surface area contributed by atoms with Crippen molar-refractivity contribution in [2.45, 2.75) is 57.5 Å². The highest BCUT2D eigenvalue weighted by molar-refractivity contribution is 9.10. The summed E-state index contributed by atoms with van der Waals surface area (Å²) in [6.45, 7) is 6.56. The molecule has 0 saturated heterocycles. The summed E-state index contributed by atoms with van der Waals surface area (Å²) in [7, 11) is 0. The lowest BCUT2D eigenvalue weighted by Gasteiger charge is -2.39. The van der Waals surface area contributed by atoms with Gasteiger partial charge >= 0.3 is 6.09 Å². The highest BCUT2D eigenvalue weighted by Gasteiger charge is 2.52. The van der Waals surface area contributed by atoms with Crippen LogP contribution in [-0.2, 0) is 17.6 Å². The minimum atomic E-state index is -2.08. The molecule has 0 heterocycles. The molecule has 1 aliphatic carbocycles. The fourth-order valence-corrected chi connectivity index (χ4v) is 3.24. The number of carbonyl (C=O) groups is 1. The summed E-state index contributed by atoms with van der Waals surface area (Å²) in [4.78, 5) is 12.1. The predicted molar refractivity (Wildman–Crippen MR) is 86.5 cm³/mol. The van der Waals surface area contributed by atoms with Crippen LogP contribution in [0.2, 0.25) is 0 Å². The van der Waals surface area contributed by atoms with E-state index in [0.717, 1.165) is 15.6 Å². The van der Waals surface area contributed by atoms with Crippen LogP contribution < -0.4 is 5.32 Å². The smallest absolute Gasteiger partial charge is 0.408 e. The van der Waals surface area contributed by atoms with E-state index in [1.807, 2.05) is 18.2 Å². The lowest BCUT2D eigenvalue weighted by molar-refractivity contribution is -0.201. The highest BCUT2D eigenvalue weighted by Crippen LogP contribution is 2.39. The maximum atomic E-state index is 12.1. The Bertz CT molecular complexity index is 589. The summed E-state index contributed by atoms with van der Waals surface area (Å²) in [6, 6.07) is 5.71. The summed E-state index contributed by atoms with van der Waals surface area (Å²) in [5.74, 6) is -2.08. The fourth-order valence-electron chi connectivity index (χ4n) is 2.70. The van der Waals surface area contributed by atoms with Crippen molar-refractivity contribution in [3.8, 4) is 0 Å². The number of ether oxygens (including phenoxy) is 1. The van der Waals surface area contributed by atoms with Gasteiger partial charge in [-0.25, -0.2) is 4.79 Å². The Morgan fingerprint density at radius 2 is 1.91 bits per heavy atom. The Morgan fingerprint density at radius 3 is 2.41 bits per heavy atom. The first-order valence-electron chi connectivity index (χ1n) is 7.16. The lowest BCUT2D eigenvalue weighted by atomic mass is 9.86. The Labute approximate surface area is 138 Å². The Balaban J connectivity index is 2.30. The lowest BCUT2D eigenvalue weighted by Crippen LogP contribution is -2.64. The molecule has 0 saturated carbocycles. The van der Waals surface area contributed by atoms with Crippen LogP contribution >= 0.6 is 15.9 Å². The van der Waals surface area contributed by atoms with E-state index in [-0.39, 0.29) is 0 Å². The molecule has 0 aliphatic heterocycles. The zero-order chi connectivity index (χ0) is 16.8. The van der Waals surface area contributed by atoms with E-state index in [9.17, 15) is 15.0 Å². The van der Waals surface area contributed by atoms with Crippen LogP contribution in [0.1, 0.15) is 38.8 Å². The van der Waals surface area contributed by atoms with Gasteiger partial charge in [-0.15, -0.1) is 0 Å². The zero-order valence-electron chi connectivity index (χ0n) is 13.2. The first kappa shape index (κ1) is 17.2. The second-order valence-electron chi connectivity index (χ2n) is 6.96. The average molecular weight is 372 g/mol. The Kier molecular flexibility index (Phi) is 4.32. The molecule has 122 valence electrons. The third kappa shape index (κ3) is 3.45. The molecule has 1 aromatic carbocycles. The molecule has 5 nitrogen and oxygen atoms in total. The van der Waals surface area contributed by atoms with E-state index < -0.39 is 23.0 Å². The summed E-state index contributed by atoms with van der Waals surface area (Å²) in [6.07, 6.45) is -0.0254. The second kappa shape index (κ2) is 5.51. The Morgan fingerprint density at radius 1 is 1.27 bits per heavy atom. The third-order valence-corrected chi connectivity index (χ3v) is 4.58. The van der Waals surface area contributed by atoms with Gasteiger partial charge in [0.1, 0.15) is 11.1 Å². The highest BCUT2D eigenvalue weighted by atomic mass is 79.9. The van der Waals surface area contributed by atoms with Crippen molar-refractivity contribution in [3.63, 3.8) is 0 Å². The number of hydrogen-bond acceptors (Lipinski definition) is 4. The zero-order valence-corrected chi connectivity index (χ0v) is 14.8. The number of aliphatic hydroxyl groups is 2. The minimum absolute atomic E-state index is 0.312. The maximum Gasteiger partial charge on any atom is 0.408 e. The fraction of sp³-hybridized carbons (Fsp3) is 0.562. The van der Waals surface area contributed by atoms with Crippen molar-refractivity contribution in [2.75, 3.05) is 0 Å². The van der Waals surface area contributed by atoms with Gasteiger partial charge in [0.05, 0.1) is 0 Å². The summed E-state index contributed by atoms with van der Waals surface area (Å²) in [5, 5.41) is 23.2. The van der Waals surface area contributed by atoms with Crippen LogP contribution in [0.3, 0.4) is 0 Å². The molecule has 22 heavy (non-hydrogen) atoms. The largest absolute Gasteiger partial charge is 0.444 e.